The number of ether oxygens (including phenoxy) is 2. The summed E-state index contributed by atoms with van der Waals surface area (Å²) in [6.45, 7) is 3.65. The van der Waals surface area contributed by atoms with Gasteiger partial charge in [0.2, 0.25) is 0 Å². The Labute approximate surface area is 115 Å². The third-order valence-corrected chi connectivity index (χ3v) is 3.05. The molecule has 0 heterocycles. The van der Waals surface area contributed by atoms with Gasteiger partial charge >= 0.3 is 0 Å². The van der Waals surface area contributed by atoms with Crippen LogP contribution in [0.15, 0.2) is 18.2 Å². The molecule has 1 aromatic rings. The molecule has 0 saturated heterocycles. The Morgan fingerprint density at radius 3 is 2.82 bits per heavy atom. The SMILES string of the molecule is CCOCCNC(=O)c1ccc(OC)cc1I. The number of methoxy groups -OCH3 is 1. The monoisotopic (exact) mass is 349 g/mol. The van der Waals surface area contributed by atoms with Crippen LogP contribution in [-0.4, -0.2) is 32.8 Å². The lowest BCUT2D eigenvalue weighted by Gasteiger charge is -2.08. The first-order chi connectivity index (χ1) is 8.19. The predicted octanol–water partition coefficient (Wildman–Crippen LogP) is 2.07. The summed E-state index contributed by atoms with van der Waals surface area (Å²) in [5.74, 6) is 0.664. The van der Waals surface area contributed by atoms with Crippen molar-refractivity contribution in [1.82, 2.24) is 5.32 Å². The van der Waals surface area contributed by atoms with Gasteiger partial charge in [0.1, 0.15) is 5.75 Å². The molecule has 0 atom stereocenters. The summed E-state index contributed by atoms with van der Waals surface area (Å²) in [5, 5.41) is 2.80. The van der Waals surface area contributed by atoms with Gasteiger partial charge in [-0.15, -0.1) is 0 Å². The van der Waals surface area contributed by atoms with Crippen LogP contribution < -0.4 is 10.1 Å². The second-order valence-corrected chi connectivity index (χ2v) is 4.46. The van der Waals surface area contributed by atoms with Crippen LogP contribution >= 0.6 is 22.6 Å². The van der Waals surface area contributed by atoms with E-state index in [9.17, 15) is 4.79 Å². The lowest BCUT2D eigenvalue weighted by Crippen LogP contribution is -2.27. The lowest BCUT2D eigenvalue weighted by molar-refractivity contribution is 0.0921. The summed E-state index contributed by atoms with van der Waals surface area (Å²) >= 11 is 2.12. The highest BCUT2D eigenvalue weighted by molar-refractivity contribution is 14.1. The maximum atomic E-state index is 11.8. The molecule has 1 amide bonds. The van der Waals surface area contributed by atoms with Crippen molar-refractivity contribution in [2.24, 2.45) is 0 Å². The minimum Gasteiger partial charge on any atom is -0.497 e. The summed E-state index contributed by atoms with van der Waals surface area (Å²) in [5.41, 5.74) is 0.655. The third kappa shape index (κ3) is 4.51. The Morgan fingerprint density at radius 1 is 1.47 bits per heavy atom. The molecule has 1 rings (SSSR count). The molecular weight excluding hydrogens is 333 g/mol. The zero-order valence-corrected chi connectivity index (χ0v) is 12.1. The average molecular weight is 349 g/mol. The molecule has 0 unspecified atom stereocenters. The van der Waals surface area contributed by atoms with Gasteiger partial charge in [0.05, 0.1) is 19.3 Å². The van der Waals surface area contributed by atoms with E-state index in [-0.39, 0.29) is 5.91 Å². The molecule has 0 aliphatic carbocycles. The summed E-state index contributed by atoms with van der Waals surface area (Å²) in [6, 6.07) is 5.37. The van der Waals surface area contributed by atoms with Crippen LogP contribution in [0.1, 0.15) is 17.3 Å². The van der Waals surface area contributed by atoms with Crippen molar-refractivity contribution in [2.75, 3.05) is 26.9 Å². The van der Waals surface area contributed by atoms with Crippen LogP contribution in [0.3, 0.4) is 0 Å². The van der Waals surface area contributed by atoms with Crippen LogP contribution in [0.4, 0.5) is 0 Å². The van der Waals surface area contributed by atoms with E-state index in [4.69, 9.17) is 9.47 Å². The molecule has 0 aromatic heterocycles. The first kappa shape index (κ1) is 14.2. The van der Waals surface area contributed by atoms with E-state index in [1.54, 1.807) is 19.2 Å². The van der Waals surface area contributed by atoms with E-state index in [1.165, 1.54) is 0 Å². The Bertz CT molecular complexity index is 382. The highest BCUT2D eigenvalue weighted by atomic mass is 127. The molecule has 1 N–H and O–H groups in total. The maximum absolute atomic E-state index is 11.8. The largest absolute Gasteiger partial charge is 0.497 e. The molecule has 0 saturated carbocycles. The zero-order valence-electron chi connectivity index (χ0n) is 9.96. The quantitative estimate of drug-likeness (QED) is 0.632. The summed E-state index contributed by atoms with van der Waals surface area (Å²) in [4.78, 5) is 11.8. The smallest absolute Gasteiger partial charge is 0.252 e. The van der Waals surface area contributed by atoms with E-state index < -0.39 is 0 Å². The molecule has 0 spiro atoms. The van der Waals surface area contributed by atoms with Crippen molar-refractivity contribution in [3.8, 4) is 5.75 Å². The Balaban J connectivity index is 2.57. The van der Waals surface area contributed by atoms with Gasteiger partial charge in [0.25, 0.3) is 5.91 Å². The summed E-state index contributed by atoms with van der Waals surface area (Å²) in [7, 11) is 1.60. The molecule has 0 radical (unpaired) electrons. The first-order valence-electron chi connectivity index (χ1n) is 5.38. The fourth-order valence-electron chi connectivity index (χ4n) is 1.28. The highest BCUT2D eigenvalue weighted by Crippen LogP contribution is 2.19. The van der Waals surface area contributed by atoms with Crippen molar-refractivity contribution in [3.05, 3.63) is 27.3 Å². The van der Waals surface area contributed by atoms with E-state index in [0.717, 1.165) is 9.32 Å². The van der Waals surface area contributed by atoms with E-state index >= 15 is 0 Å². The van der Waals surface area contributed by atoms with Crippen molar-refractivity contribution in [3.63, 3.8) is 0 Å². The van der Waals surface area contributed by atoms with Crippen LogP contribution in [0, 0.1) is 3.57 Å². The summed E-state index contributed by atoms with van der Waals surface area (Å²) < 4.78 is 11.1. The van der Waals surface area contributed by atoms with E-state index in [1.807, 2.05) is 13.0 Å². The standard InChI is InChI=1S/C12H16INO3/c1-3-17-7-6-14-12(15)10-5-4-9(16-2)8-11(10)13/h4-5,8H,3,6-7H2,1-2H3,(H,14,15). The molecule has 0 aliphatic heterocycles. The number of halogens is 1. The number of hydrogen-bond donors (Lipinski definition) is 1. The van der Waals surface area contributed by atoms with Crippen molar-refractivity contribution >= 4 is 28.5 Å². The number of nitrogens with one attached hydrogen (secondary N) is 1. The highest BCUT2D eigenvalue weighted by Gasteiger charge is 2.09. The predicted molar refractivity (Wildman–Crippen MR) is 74.5 cm³/mol. The lowest BCUT2D eigenvalue weighted by atomic mass is 10.2. The molecule has 94 valence electrons. The Morgan fingerprint density at radius 2 is 2.24 bits per heavy atom. The number of carbonyl (C=O) groups is 1. The minimum atomic E-state index is -0.0863. The van der Waals surface area contributed by atoms with E-state index in [0.29, 0.717) is 25.3 Å². The van der Waals surface area contributed by atoms with Gasteiger partial charge in [-0.3, -0.25) is 4.79 Å². The molecule has 0 aliphatic rings. The number of carbonyl (C=O) groups excluding carboxylic acids is 1. The topological polar surface area (TPSA) is 47.6 Å². The molecule has 17 heavy (non-hydrogen) atoms. The fourth-order valence-corrected chi connectivity index (χ4v) is 2.01. The van der Waals surface area contributed by atoms with Gasteiger partial charge in [-0.2, -0.15) is 0 Å². The minimum absolute atomic E-state index is 0.0863. The van der Waals surface area contributed by atoms with Gasteiger partial charge in [0.15, 0.2) is 0 Å². The Hall–Kier alpha value is -0.820. The number of rotatable bonds is 6. The number of hydrogen-bond acceptors (Lipinski definition) is 3. The second-order valence-electron chi connectivity index (χ2n) is 3.30. The van der Waals surface area contributed by atoms with Gasteiger partial charge < -0.3 is 14.8 Å². The normalized spacial score (nSPS) is 10.1. The van der Waals surface area contributed by atoms with Gasteiger partial charge in [-0.25, -0.2) is 0 Å². The van der Waals surface area contributed by atoms with Gasteiger partial charge in [0, 0.05) is 16.7 Å². The molecule has 0 fully saturated rings. The summed E-state index contributed by atoms with van der Waals surface area (Å²) in [6.07, 6.45) is 0. The van der Waals surface area contributed by atoms with Crippen LogP contribution in [-0.2, 0) is 4.74 Å². The van der Waals surface area contributed by atoms with Crippen molar-refractivity contribution < 1.29 is 14.3 Å². The molecule has 4 nitrogen and oxygen atoms in total. The van der Waals surface area contributed by atoms with Gasteiger partial charge in [-0.1, -0.05) is 0 Å². The van der Waals surface area contributed by atoms with Crippen LogP contribution in [0.25, 0.3) is 0 Å². The maximum Gasteiger partial charge on any atom is 0.252 e. The molecule has 5 heteroatoms. The fraction of sp³-hybridized carbons (Fsp3) is 0.417. The second kappa shape index (κ2) is 7.50. The number of benzene rings is 1. The molecular formula is C12H16INO3. The Kier molecular flexibility index (Phi) is 6.28. The van der Waals surface area contributed by atoms with Crippen LogP contribution in [0.5, 0.6) is 5.75 Å². The van der Waals surface area contributed by atoms with Crippen LogP contribution in [0.2, 0.25) is 0 Å². The average Bonchev–Trinajstić information content (AvgIpc) is 2.34. The first-order valence-corrected chi connectivity index (χ1v) is 6.46. The molecule has 0 bridgehead atoms. The molecule has 1 aromatic carbocycles. The van der Waals surface area contributed by atoms with Gasteiger partial charge in [-0.05, 0) is 47.7 Å². The van der Waals surface area contributed by atoms with Crippen molar-refractivity contribution in [2.45, 2.75) is 6.92 Å². The third-order valence-electron chi connectivity index (χ3n) is 2.16. The zero-order chi connectivity index (χ0) is 12.7. The van der Waals surface area contributed by atoms with Crippen molar-refractivity contribution in [1.29, 1.82) is 0 Å². The number of amides is 1. The van der Waals surface area contributed by atoms with E-state index in [2.05, 4.69) is 27.9 Å².